The van der Waals surface area contributed by atoms with Crippen molar-refractivity contribution in [1.29, 1.82) is 0 Å². The predicted octanol–water partition coefficient (Wildman–Crippen LogP) is 5.97. The van der Waals surface area contributed by atoms with Crippen molar-refractivity contribution in [2.45, 2.75) is 64.2 Å². The standard InChI is InChI=1S/2C7H8O3S.2C7H9.Zr/c2*1-6-2-4-7(5-3-6)11(8,9)10;2*1-6-4-3-5-7(6)2;/h2*2-5H,1H3,(H,8,9,10);2*4H,3H2,1-2H3;/q;;2*-1;+4/p-2. The first kappa shape index (κ1) is 35.1. The van der Waals surface area contributed by atoms with Crippen LogP contribution in [-0.4, -0.2) is 25.9 Å². The Bertz CT molecular complexity index is 1210. The van der Waals surface area contributed by atoms with E-state index < -0.39 is 20.2 Å². The molecule has 9 heteroatoms. The molecule has 0 saturated carbocycles. The van der Waals surface area contributed by atoms with Crippen LogP contribution < -0.4 is 0 Å². The summed E-state index contributed by atoms with van der Waals surface area (Å²) in [5, 5.41) is 0. The van der Waals surface area contributed by atoms with Gasteiger partial charge in [-0.1, -0.05) is 49.2 Å². The zero-order valence-electron chi connectivity index (χ0n) is 22.0. The second kappa shape index (κ2) is 16.2. The summed E-state index contributed by atoms with van der Waals surface area (Å²) < 4.78 is 62.3. The molecule has 2 aromatic carbocycles. The second-order valence-corrected chi connectivity index (χ2v) is 11.1. The van der Waals surface area contributed by atoms with Crippen molar-refractivity contribution < 1.29 is 52.1 Å². The minimum absolute atomic E-state index is 0. The average molecular weight is 620 g/mol. The van der Waals surface area contributed by atoms with E-state index in [2.05, 4.69) is 52.0 Å². The second-order valence-electron chi connectivity index (χ2n) is 8.32. The van der Waals surface area contributed by atoms with E-state index in [9.17, 15) is 25.9 Å². The molecule has 0 saturated heterocycles. The fourth-order valence-corrected chi connectivity index (χ4v) is 3.65. The Balaban J connectivity index is 0.000000473. The topological polar surface area (TPSA) is 114 Å². The molecule has 2 aliphatic rings. The van der Waals surface area contributed by atoms with Gasteiger partial charge < -0.3 is 9.11 Å². The summed E-state index contributed by atoms with van der Waals surface area (Å²) >= 11 is 0. The summed E-state index contributed by atoms with van der Waals surface area (Å²) in [6.45, 7) is 12.1. The zero-order valence-corrected chi connectivity index (χ0v) is 26.0. The molecule has 6 nitrogen and oxygen atoms in total. The Morgan fingerprint density at radius 3 is 0.973 bits per heavy atom. The molecule has 0 amide bonds. The fourth-order valence-electron chi connectivity index (χ4n) is 2.71. The van der Waals surface area contributed by atoms with Crippen LogP contribution in [0, 0.1) is 26.0 Å². The molecule has 0 heterocycles. The number of aryl methyl sites for hydroxylation is 2. The first-order chi connectivity index (χ1) is 16.6. The average Bonchev–Trinajstić information content (AvgIpc) is 3.35. The van der Waals surface area contributed by atoms with Crippen LogP contribution in [0.5, 0.6) is 0 Å². The van der Waals surface area contributed by atoms with Crippen LogP contribution in [0.4, 0.5) is 0 Å². The molecule has 0 fully saturated rings. The summed E-state index contributed by atoms with van der Waals surface area (Å²) in [5.41, 5.74) is 7.27. The molecule has 0 aromatic heterocycles. The van der Waals surface area contributed by atoms with Gasteiger partial charge in [-0.15, -0.1) is 26.7 Å². The Kier molecular flexibility index (Phi) is 15.3. The van der Waals surface area contributed by atoms with E-state index in [0.717, 1.165) is 24.0 Å². The maximum Gasteiger partial charge on any atom is 4.00 e. The van der Waals surface area contributed by atoms with E-state index in [-0.39, 0.29) is 36.0 Å². The third-order valence-corrected chi connectivity index (χ3v) is 7.05. The maximum absolute atomic E-state index is 10.4. The molecule has 37 heavy (non-hydrogen) atoms. The van der Waals surface area contributed by atoms with Gasteiger partial charge in [0.05, 0.1) is 9.79 Å². The van der Waals surface area contributed by atoms with Gasteiger partial charge in [0.1, 0.15) is 20.2 Å². The Hall–Kier alpha value is -1.90. The van der Waals surface area contributed by atoms with Crippen molar-refractivity contribution in [3.8, 4) is 0 Å². The molecule has 0 radical (unpaired) electrons. The molecule has 0 N–H and O–H groups in total. The van der Waals surface area contributed by atoms with Gasteiger partial charge in [0.25, 0.3) is 0 Å². The van der Waals surface area contributed by atoms with Gasteiger partial charge in [-0.3, -0.25) is 12.2 Å². The van der Waals surface area contributed by atoms with Crippen LogP contribution in [0.2, 0.25) is 0 Å². The van der Waals surface area contributed by atoms with Crippen LogP contribution >= 0.6 is 0 Å². The molecule has 0 bridgehead atoms. The molecule has 2 aromatic rings. The van der Waals surface area contributed by atoms with Crippen molar-refractivity contribution in [3.05, 3.63) is 106 Å². The smallest absolute Gasteiger partial charge is 0.744 e. The van der Waals surface area contributed by atoms with Crippen LogP contribution in [0.15, 0.2) is 92.8 Å². The number of hydrogen-bond acceptors (Lipinski definition) is 6. The third kappa shape index (κ3) is 14.0. The van der Waals surface area contributed by atoms with E-state index in [1.807, 2.05) is 13.8 Å². The number of allylic oxidation sites excluding steroid dienone is 8. The Labute approximate surface area is 241 Å². The number of rotatable bonds is 2. The third-order valence-electron chi connectivity index (χ3n) is 5.35. The molecule has 0 aliphatic heterocycles. The SMILES string of the molecule is CC1=[C-]CC=C1C.CC1=[C-]CC=C1C.Cc1ccc(S(=O)(=O)[O-])cc1.Cc1ccc(S(=O)(=O)[O-])cc1.[Zr+4]. The summed E-state index contributed by atoms with van der Waals surface area (Å²) in [4.78, 5) is -0.355. The molecular formula is C28H32O6S2Zr. The molecule has 0 atom stereocenters. The summed E-state index contributed by atoms with van der Waals surface area (Å²) in [6.07, 6.45) is 12.8. The van der Waals surface area contributed by atoms with Crippen molar-refractivity contribution in [2.75, 3.05) is 0 Å². The van der Waals surface area contributed by atoms with Crippen LogP contribution in [0.3, 0.4) is 0 Å². The van der Waals surface area contributed by atoms with Crippen LogP contribution in [-0.2, 0) is 46.4 Å². The minimum atomic E-state index is -4.27. The first-order valence-electron chi connectivity index (χ1n) is 11.2. The predicted molar refractivity (Wildman–Crippen MR) is 140 cm³/mol. The number of benzene rings is 2. The normalized spacial score (nSPS) is 14.1. The van der Waals surface area contributed by atoms with E-state index in [4.69, 9.17) is 0 Å². The van der Waals surface area contributed by atoms with E-state index in [1.165, 1.54) is 46.6 Å². The Morgan fingerprint density at radius 2 is 0.838 bits per heavy atom. The maximum atomic E-state index is 10.4. The first-order valence-corrected chi connectivity index (χ1v) is 14.0. The summed E-state index contributed by atoms with van der Waals surface area (Å²) in [5.74, 6) is 0. The van der Waals surface area contributed by atoms with Gasteiger partial charge in [-0.25, -0.2) is 39.1 Å². The number of hydrogen-bond donors (Lipinski definition) is 0. The Morgan fingerprint density at radius 1 is 0.568 bits per heavy atom. The van der Waals surface area contributed by atoms with Gasteiger partial charge in [-0.05, 0) is 38.1 Å². The van der Waals surface area contributed by atoms with Crippen LogP contribution in [0.25, 0.3) is 0 Å². The van der Waals surface area contributed by atoms with Crippen molar-refractivity contribution in [1.82, 2.24) is 0 Å². The van der Waals surface area contributed by atoms with Gasteiger partial charge in [0.15, 0.2) is 0 Å². The quantitative estimate of drug-likeness (QED) is 0.302. The molecule has 196 valence electrons. The van der Waals surface area contributed by atoms with Crippen LogP contribution in [0.1, 0.15) is 51.7 Å². The van der Waals surface area contributed by atoms with Gasteiger partial charge in [0.2, 0.25) is 0 Å². The zero-order chi connectivity index (χ0) is 27.5. The molecular weight excluding hydrogens is 588 g/mol. The van der Waals surface area contributed by atoms with E-state index >= 15 is 0 Å². The molecule has 2 aliphatic carbocycles. The van der Waals surface area contributed by atoms with Gasteiger partial charge >= 0.3 is 26.2 Å². The minimum Gasteiger partial charge on any atom is -0.744 e. The molecule has 0 spiro atoms. The summed E-state index contributed by atoms with van der Waals surface area (Å²) in [6, 6.07) is 11.6. The molecule has 0 unspecified atom stereocenters. The molecule has 4 rings (SSSR count). The van der Waals surface area contributed by atoms with Crippen molar-refractivity contribution in [2.24, 2.45) is 0 Å². The van der Waals surface area contributed by atoms with Crippen molar-refractivity contribution >= 4 is 20.2 Å². The summed E-state index contributed by atoms with van der Waals surface area (Å²) in [7, 11) is -8.54. The largest absolute Gasteiger partial charge is 4.00 e. The van der Waals surface area contributed by atoms with Gasteiger partial charge in [0, 0.05) is 0 Å². The van der Waals surface area contributed by atoms with E-state index in [1.54, 1.807) is 24.3 Å². The van der Waals surface area contributed by atoms with E-state index in [0.29, 0.717) is 0 Å². The monoisotopic (exact) mass is 618 g/mol. The van der Waals surface area contributed by atoms with Crippen molar-refractivity contribution in [3.63, 3.8) is 0 Å². The fraction of sp³-hybridized carbons (Fsp3) is 0.286. The van der Waals surface area contributed by atoms with Gasteiger partial charge in [-0.2, -0.15) is 12.2 Å².